The summed E-state index contributed by atoms with van der Waals surface area (Å²) in [4.78, 5) is 12.0. The highest BCUT2D eigenvalue weighted by Gasteiger charge is 2.27. The zero-order chi connectivity index (χ0) is 20.3. The van der Waals surface area contributed by atoms with E-state index in [0.29, 0.717) is 12.2 Å². The van der Waals surface area contributed by atoms with Crippen LogP contribution in [-0.4, -0.2) is 46.1 Å². The van der Waals surface area contributed by atoms with Crippen LogP contribution >= 0.6 is 0 Å². The third-order valence-corrected chi connectivity index (χ3v) is 5.26. The fourth-order valence-corrected chi connectivity index (χ4v) is 4.23. The maximum Gasteiger partial charge on any atom is 0.293 e. The maximum atomic E-state index is 12.4. The molecule has 0 amide bonds. The lowest BCUT2D eigenvalue weighted by molar-refractivity contribution is -0.865. The second kappa shape index (κ2) is 7.89. The molecule has 0 spiro atoms. The number of nitro groups is 1. The Labute approximate surface area is 156 Å². The van der Waals surface area contributed by atoms with Crippen molar-refractivity contribution in [3.63, 3.8) is 0 Å². The van der Waals surface area contributed by atoms with Gasteiger partial charge in [0.25, 0.3) is 5.69 Å². The number of quaternary nitrogens is 1. The molecule has 0 heterocycles. The molecule has 0 aliphatic heterocycles. The van der Waals surface area contributed by atoms with Crippen LogP contribution in [0.5, 0.6) is 0 Å². The first kappa shape index (κ1) is 22.3. The quantitative estimate of drug-likeness (QED) is 0.460. The predicted octanol–water partition coefficient (Wildman–Crippen LogP) is 1.25. The molecule has 1 rings (SSSR count). The van der Waals surface area contributed by atoms with Crippen molar-refractivity contribution in [2.45, 2.75) is 45.1 Å². The predicted molar refractivity (Wildman–Crippen MR) is 103 cm³/mol. The molecule has 1 aromatic rings. The first-order valence-corrected chi connectivity index (χ1v) is 9.97. The van der Waals surface area contributed by atoms with Gasteiger partial charge in [-0.05, 0) is 32.9 Å². The molecule has 0 aromatic heterocycles. The van der Waals surface area contributed by atoms with Gasteiger partial charge in [-0.15, -0.1) is 0 Å². The molecule has 0 saturated carbocycles. The summed E-state index contributed by atoms with van der Waals surface area (Å²) in [5.74, 6) is 0. The third kappa shape index (κ3) is 6.89. The van der Waals surface area contributed by atoms with E-state index in [-0.39, 0.29) is 16.0 Å². The zero-order valence-electron chi connectivity index (χ0n) is 16.6. The van der Waals surface area contributed by atoms with Crippen LogP contribution in [0.3, 0.4) is 0 Å². The van der Waals surface area contributed by atoms with Gasteiger partial charge in [0, 0.05) is 23.6 Å². The minimum atomic E-state index is -3.84. The Morgan fingerprint density at radius 2 is 1.73 bits per heavy atom. The van der Waals surface area contributed by atoms with Gasteiger partial charge in [0.1, 0.15) is 5.69 Å². The summed E-state index contributed by atoms with van der Waals surface area (Å²) in [6.45, 7) is 10.7. The van der Waals surface area contributed by atoms with E-state index in [1.54, 1.807) is 20.8 Å². The van der Waals surface area contributed by atoms with Crippen molar-refractivity contribution in [3.05, 3.63) is 28.3 Å². The SMILES string of the molecule is C[NH+](C)CC(C)(C)CNc1ccc(S(=O)(=O)NC(C)(C)C)cc1[N+](=O)[O-]. The Morgan fingerprint density at radius 3 is 2.19 bits per heavy atom. The van der Waals surface area contributed by atoms with Crippen LogP contribution in [0.25, 0.3) is 0 Å². The highest BCUT2D eigenvalue weighted by Crippen LogP contribution is 2.29. The molecule has 8 nitrogen and oxygen atoms in total. The van der Waals surface area contributed by atoms with E-state index in [9.17, 15) is 18.5 Å². The number of nitro benzene ring substituents is 1. The molecule has 0 aliphatic rings. The van der Waals surface area contributed by atoms with Gasteiger partial charge in [-0.2, -0.15) is 0 Å². The summed E-state index contributed by atoms with van der Waals surface area (Å²) < 4.78 is 27.3. The molecule has 0 saturated heterocycles. The van der Waals surface area contributed by atoms with E-state index in [1.807, 2.05) is 14.1 Å². The van der Waals surface area contributed by atoms with Crippen LogP contribution in [0.4, 0.5) is 11.4 Å². The van der Waals surface area contributed by atoms with Gasteiger partial charge in [-0.3, -0.25) is 10.1 Å². The lowest BCUT2D eigenvalue weighted by atomic mass is 9.93. The van der Waals surface area contributed by atoms with E-state index in [1.165, 1.54) is 17.0 Å². The van der Waals surface area contributed by atoms with E-state index in [2.05, 4.69) is 23.9 Å². The maximum absolute atomic E-state index is 12.4. The fourth-order valence-electron chi connectivity index (χ4n) is 2.80. The summed E-state index contributed by atoms with van der Waals surface area (Å²) in [7, 11) is 0.260. The van der Waals surface area contributed by atoms with Crippen LogP contribution in [0.15, 0.2) is 23.1 Å². The van der Waals surface area contributed by atoms with Gasteiger partial charge in [0.05, 0.1) is 30.5 Å². The lowest BCUT2D eigenvalue weighted by Crippen LogP contribution is -3.07. The summed E-state index contributed by atoms with van der Waals surface area (Å²) in [5.41, 5.74) is -0.699. The minimum absolute atomic E-state index is 0.0781. The molecular formula is C17H31N4O4S+. The number of nitrogens with zero attached hydrogens (tertiary/aromatic N) is 1. The second-order valence-corrected chi connectivity index (χ2v) is 10.4. The number of anilines is 1. The summed E-state index contributed by atoms with van der Waals surface area (Å²) >= 11 is 0. The average molecular weight is 388 g/mol. The Hall–Kier alpha value is -1.71. The summed E-state index contributed by atoms with van der Waals surface area (Å²) in [6.07, 6.45) is 0. The number of benzene rings is 1. The molecule has 3 N–H and O–H groups in total. The number of rotatable bonds is 8. The average Bonchev–Trinajstić information content (AvgIpc) is 2.40. The summed E-state index contributed by atoms with van der Waals surface area (Å²) in [5, 5.41) is 14.5. The van der Waals surface area contributed by atoms with Crippen LogP contribution in [0.1, 0.15) is 34.6 Å². The van der Waals surface area contributed by atoms with Crippen molar-refractivity contribution in [2.24, 2.45) is 5.41 Å². The van der Waals surface area contributed by atoms with Crippen molar-refractivity contribution in [1.29, 1.82) is 0 Å². The highest BCUT2D eigenvalue weighted by atomic mass is 32.2. The van der Waals surface area contributed by atoms with Gasteiger partial charge in [0.2, 0.25) is 10.0 Å². The Morgan fingerprint density at radius 1 is 1.15 bits per heavy atom. The molecule has 0 bridgehead atoms. The molecule has 148 valence electrons. The molecule has 0 fully saturated rings. The second-order valence-electron chi connectivity index (χ2n) is 8.69. The monoisotopic (exact) mass is 387 g/mol. The fraction of sp³-hybridized carbons (Fsp3) is 0.647. The van der Waals surface area contributed by atoms with Crippen LogP contribution in [0, 0.1) is 15.5 Å². The molecule has 0 radical (unpaired) electrons. The van der Waals surface area contributed by atoms with E-state index in [4.69, 9.17) is 0 Å². The standard InChI is InChI=1S/C17H30N4O4S/c1-16(2,3)19-26(24,25)13-8-9-14(15(10-13)21(22)23)18-11-17(4,5)12-20(6)7/h8-10,18-19H,11-12H2,1-7H3/p+1. The van der Waals surface area contributed by atoms with Crippen LogP contribution in [0.2, 0.25) is 0 Å². The van der Waals surface area contributed by atoms with Gasteiger partial charge in [0.15, 0.2) is 0 Å². The smallest absolute Gasteiger partial charge is 0.293 e. The molecular weight excluding hydrogens is 356 g/mol. The van der Waals surface area contributed by atoms with Crippen LogP contribution in [-0.2, 0) is 10.0 Å². The third-order valence-electron chi connectivity index (χ3n) is 3.51. The number of hydrogen-bond acceptors (Lipinski definition) is 5. The van der Waals surface area contributed by atoms with Gasteiger partial charge >= 0.3 is 0 Å². The molecule has 9 heteroatoms. The van der Waals surface area contributed by atoms with Crippen molar-refractivity contribution >= 4 is 21.4 Å². The normalized spacial score (nSPS) is 13.1. The first-order valence-electron chi connectivity index (χ1n) is 8.48. The number of hydrogen-bond donors (Lipinski definition) is 3. The van der Waals surface area contributed by atoms with Crippen molar-refractivity contribution in [2.75, 3.05) is 32.5 Å². The van der Waals surface area contributed by atoms with Crippen molar-refractivity contribution < 1.29 is 18.2 Å². The van der Waals surface area contributed by atoms with Gasteiger partial charge in [-0.25, -0.2) is 13.1 Å². The minimum Gasteiger partial charge on any atom is -0.379 e. The van der Waals surface area contributed by atoms with E-state index in [0.717, 1.165) is 12.6 Å². The van der Waals surface area contributed by atoms with Crippen molar-refractivity contribution in [3.8, 4) is 0 Å². The number of nitrogens with one attached hydrogen (secondary N) is 3. The molecule has 0 unspecified atom stereocenters. The molecule has 1 aromatic carbocycles. The molecule has 26 heavy (non-hydrogen) atoms. The first-order chi connectivity index (χ1) is 11.6. The van der Waals surface area contributed by atoms with Gasteiger partial charge in [-0.1, -0.05) is 13.8 Å². The van der Waals surface area contributed by atoms with Crippen molar-refractivity contribution in [1.82, 2.24) is 4.72 Å². The highest BCUT2D eigenvalue weighted by molar-refractivity contribution is 7.89. The van der Waals surface area contributed by atoms with E-state index >= 15 is 0 Å². The van der Waals surface area contributed by atoms with Gasteiger partial charge < -0.3 is 10.2 Å². The molecule has 0 aliphatic carbocycles. The van der Waals surface area contributed by atoms with E-state index < -0.39 is 20.5 Å². The Balaban J connectivity index is 3.13. The number of sulfonamides is 1. The Kier molecular flexibility index (Phi) is 6.78. The largest absolute Gasteiger partial charge is 0.379 e. The lowest BCUT2D eigenvalue weighted by Gasteiger charge is -2.26. The summed E-state index contributed by atoms with van der Waals surface area (Å²) in [6, 6.07) is 3.93. The topological polar surface area (TPSA) is 106 Å². The zero-order valence-corrected chi connectivity index (χ0v) is 17.5. The Bertz CT molecular complexity index is 753. The van der Waals surface area contributed by atoms with Crippen LogP contribution < -0.4 is 14.9 Å². The molecule has 0 atom stereocenters.